The van der Waals surface area contributed by atoms with Crippen molar-refractivity contribution in [3.05, 3.63) is 0 Å². The topological polar surface area (TPSA) is 55.1 Å². The molecule has 14 heavy (non-hydrogen) atoms. The number of nitrogens with two attached hydrogens (primary N) is 1. The second kappa shape index (κ2) is 6.02. The zero-order valence-corrected chi connectivity index (χ0v) is 9.89. The van der Waals surface area contributed by atoms with E-state index in [1.807, 2.05) is 13.8 Å². The van der Waals surface area contributed by atoms with Crippen molar-refractivity contribution in [1.82, 2.24) is 5.32 Å². The first-order chi connectivity index (χ1) is 6.41. The Bertz CT molecular complexity index is 178. The predicted octanol–water partition coefficient (Wildman–Crippen LogP) is 1.67. The van der Waals surface area contributed by atoms with Gasteiger partial charge in [0.2, 0.25) is 5.91 Å². The maximum absolute atomic E-state index is 11.6. The van der Waals surface area contributed by atoms with Gasteiger partial charge in [-0.05, 0) is 32.7 Å². The van der Waals surface area contributed by atoms with Crippen molar-refractivity contribution >= 4 is 5.91 Å². The molecule has 1 amide bonds. The van der Waals surface area contributed by atoms with Gasteiger partial charge in [-0.25, -0.2) is 0 Å². The third-order valence-electron chi connectivity index (χ3n) is 2.48. The minimum atomic E-state index is -0.167. The number of amides is 1. The molecule has 1 unspecified atom stereocenters. The van der Waals surface area contributed by atoms with Crippen molar-refractivity contribution in [2.75, 3.05) is 6.54 Å². The number of rotatable bonds is 6. The predicted molar refractivity (Wildman–Crippen MR) is 60.0 cm³/mol. The largest absolute Gasteiger partial charge is 0.351 e. The third-order valence-corrected chi connectivity index (χ3v) is 2.48. The molecule has 0 aliphatic rings. The summed E-state index contributed by atoms with van der Waals surface area (Å²) in [6, 6.07) is 0. The first-order valence-corrected chi connectivity index (χ1v) is 5.42. The molecule has 0 bridgehead atoms. The van der Waals surface area contributed by atoms with Crippen LogP contribution in [0.4, 0.5) is 0 Å². The molecule has 0 heterocycles. The van der Waals surface area contributed by atoms with Gasteiger partial charge in [-0.1, -0.05) is 20.3 Å². The second-order valence-electron chi connectivity index (χ2n) is 4.69. The molecule has 0 saturated carbocycles. The average molecular weight is 200 g/mol. The zero-order valence-electron chi connectivity index (χ0n) is 9.89. The zero-order chi connectivity index (χ0) is 11.2. The summed E-state index contributed by atoms with van der Waals surface area (Å²) in [5.74, 6) is 0.599. The van der Waals surface area contributed by atoms with Crippen LogP contribution < -0.4 is 11.1 Å². The van der Waals surface area contributed by atoms with Gasteiger partial charge in [-0.2, -0.15) is 0 Å². The SMILES string of the molecule is CCC(C)CC(=O)NC(C)(C)CCN. The van der Waals surface area contributed by atoms with E-state index in [1.54, 1.807) is 0 Å². The van der Waals surface area contributed by atoms with Gasteiger partial charge in [0.05, 0.1) is 0 Å². The van der Waals surface area contributed by atoms with Crippen molar-refractivity contribution in [2.24, 2.45) is 11.7 Å². The molecule has 0 spiro atoms. The molecule has 0 rings (SSSR count). The maximum Gasteiger partial charge on any atom is 0.220 e. The lowest BCUT2D eigenvalue weighted by Gasteiger charge is -2.26. The second-order valence-corrected chi connectivity index (χ2v) is 4.69. The van der Waals surface area contributed by atoms with Gasteiger partial charge in [0, 0.05) is 12.0 Å². The molecule has 0 saturated heterocycles. The van der Waals surface area contributed by atoms with E-state index in [0.29, 0.717) is 18.9 Å². The lowest BCUT2D eigenvalue weighted by molar-refractivity contribution is -0.123. The molecule has 0 aliphatic carbocycles. The quantitative estimate of drug-likeness (QED) is 0.685. The molecule has 0 aromatic rings. The molecule has 3 heteroatoms. The maximum atomic E-state index is 11.6. The van der Waals surface area contributed by atoms with Crippen LogP contribution in [0.3, 0.4) is 0 Å². The summed E-state index contributed by atoms with van der Waals surface area (Å²) in [6.45, 7) is 8.82. The summed E-state index contributed by atoms with van der Waals surface area (Å²) in [4.78, 5) is 11.6. The Hall–Kier alpha value is -0.570. The van der Waals surface area contributed by atoms with Gasteiger partial charge < -0.3 is 11.1 Å². The van der Waals surface area contributed by atoms with E-state index in [0.717, 1.165) is 12.8 Å². The van der Waals surface area contributed by atoms with Crippen LogP contribution in [-0.2, 0) is 4.79 Å². The van der Waals surface area contributed by atoms with E-state index in [4.69, 9.17) is 5.73 Å². The van der Waals surface area contributed by atoms with E-state index in [1.165, 1.54) is 0 Å². The fourth-order valence-corrected chi connectivity index (χ4v) is 1.31. The van der Waals surface area contributed by atoms with Crippen LogP contribution in [-0.4, -0.2) is 18.0 Å². The minimum absolute atomic E-state index is 0.137. The van der Waals surface area contributed by atoms with Gasteiger partial charge in [0.25, 0.3) is 0 Å². The van der Waals surface area contributed by atoms with Crippen LogP contribution in [0, 0.1) is 5.92 Å². The summed E-state index contributed by atoms with van der Waals surface area (Å²) in [6.07, 6.45) is 2.48. The van der Waals surface area contributed by atoms with Gasteiger partial charge >= 0.3 is 0 Å². The molecule has 3 N–H and O–H groups in total. The Labute approximate surface area is 87.4 Å². The molecule has 0 aliphatic heterocycles. The number of carbonyl (C=O) groups excluding carboxylic acids is 1. The Morgan fingerprint density at radius 1 is 1.50 bits per heavy atom. The Balaban J connectivity index is 3.92. The molecule has 0 radical (unpaired) electrons. The van der Waals surface area contributed by atoms with Crippen molar-refractivity contribution < 1.29 is 4.79 Å². The Morgan fingerprint density at radius 2 is 2.07 bits per heavy atom. The highest BCUT2D eigenvalue weighted by molar-refractivity contribution is 5.76. The van der Waals surface area contributed by atoms with Crippen molar-refractivity contribution in [3.8, 4) is 0 Å². The van der Waals surface area contributed by atoms with Crippen LogP contribution in [0.1, 0.15) is 47.0 Å². The van der Waals surface area contributed by atoms with Gasteiger partial charge in [-0.15, -0.1) is 0 Å². The minimum Gasteiger partial charge on any atom is -0.351 e. The van der Waals surface area contributed by atoms with Crippen molar-refractivity contribution in [3.63, 3.8) is 0 Å². The number of hydrogen-bond donors (Lipinski definition) is 2. The van der Waals surface area contributed by atoms with E-state index in [2.05, 4.69) is 19.2 Å². The normalized spacial score (nSPS) is 13.8. The standard InChI is InChI=1S/C11H24N2O/c1-5-9(2)8-10(14)13-11(3,4)6-7-12/h9H,5-8,12H2,1-4H3,(H,13,14). The van der Waals surface area contributed by atoms with Gasteiger partial charge in [0.15, 0.2) is 0 Å². The summed E-state index contributed by atoms with van der Waals surface area (Å²) >= 11 is 0. The van der Waals surface area contributed by atoms with Gasteiger partial charge in [0.1, 0.15) is 0 Å². The molecule has 1 atom stereocenters. The summed E-state index contributed by atoms with van der Waals surface area (Å²) in [5.41, 5.74) is 5.30. The first kappa shape index (κ1) is 13.4. The highest BCUT2D eigenvalue weighted by Gasteiger charge is 2.19. The van der Waals surface area contributed by atoms with Crippen LogP contribution in [0.15, 0.2) is 0 Å². The summed E-state index contributed by atoms with van der Waals surface area (Å²) < 4.78 is 0. The van der Waals surface area contributed by atoms with Crippen LogP contribution in [0.2, 0.25) is 0 Å². The lowest BCUT2D eigenvalue weighted by Crippen LogP contribution is -2.45. The summed E-state index contributed by atoms with van der Waals surface area (Å²) in [7, 11) is 0. The smallest absolute Gasteiger partial charge is 0.220 e. The highest BCUT2D eigenvalue weighted by atomic mass is 16.1. The van der Waals surface area contributed by atoms with Crippen LogP contribution in [0.5, 0.6) is 0 Å². The molecular formula is C11H24N2O. The average Bonchev–Trinajstić information content (AvgIpc) is 2.02. The monoisotopic (exact) mass is 200 g/mol. The lowest BCUT2D eigenvalue weighted by atomic mass is 9.99. The van der Waals surface area contributed by atoms with E-state index in [9.17, 15) is 4.79 Å². The van der Waals surface area contributed by atoms with Crippen molar-refractivity contribution in [2.45, 2.75) is 52.5 Å². The highest BCUT2D eigenvalue weighted by Crippen LogP contribution is 2.10. The number of carbonyl (C=O) groups is 1. The number of hydrogen-bond acceptors (Lipinski definition) is 2. The molecule has 0 aromatic carbocycles. The molecule has 0 aromatic heterocycles. The van der Waals surface area contributed by atoms with Crippen LogP contribution in [0.25, 0.3) is 0 Å². The van der Waals surface area contributed by atoms with Crippen LogP contribution >= 0.6 is 0 Å². The fraction of sp³-hybridized carbons (Fsp3) is 0.909. The van der Waals surface area contributed by atoms with Gasteiger partial charge in [-0.3, -0.25) is 4.79 Å². The molecule has 0 fully saturated rings. The molecule has 3 nitrogen and oxygen atoms in total. The van der Waals surface area contributed by atoms with Crippen molar-refractivity contribution in [1.29, 1.82) is 0 Å². The summed E-state index contributed by atoms with van der Waals surface area (Å²) in [5, 5.41) is 3.00. The Kier molecular flexibility index (Phi) is 5.77. The fourth-order valence-electron chi connectivity index (χ4n) is 1.31. The van der Waals surface area contributed by atoms with E-state index < -0.39 is 0 Å². The number of nitrogens with one attached hydrogen (secondary N) is 1. The first-order valence-electron chi connectivity index (χ1n) is 5.42. The molecule has 84 valence electrons. The molecular weight excluding hydrogens is 176 g/mol. The van der Waals surface area contributed by atoms with E-state index >= 15 is 0 Å². The Morgan fingerprint density at radius 3 is 2.50 bits per heavy atom. The van der Waals surface area contributed by atoms with E-state index in [-0.39, 0.29) is 11.4 Å². The third kappa shape index (κ3) is 5.97.